The van der Waals surface area contributed by atoms with Gasteiger partial charge in [0, 0.05) is 11.4 Å². The first-order chi connectivity index (χ1) is 6.50. The standard InChI is InChI=1S/C9H7ClF2O2/c10-6-2-1-5(7(11)4-6)3-8(12)9(13)14/h1-2,4,8H,3H2,(H,13,14)/t8-/m0/s1. The minimum Gasteiger partial charge on any atom is -0.479 e. The zero-order valence-electron chi connectivity index (χ0n) is 7.01. The van der Waals surface area contributed by atoms with E-state index in [0.29, 0.717) is 0 Å². The zero-order chi connectivity index (χ0) is 10.7. The second kappa shape index (κ2) is 4.37. The number of hydrogen-bond acceptors (Lipinski definition) is 1. The van der Waals surface area contributed by atoms with E-state index < -0.39 is 24.4 Å². The van der Waals surface area contributed by atoms with Crippen molar-refractivity contribution in [1.29, 1.82) is 0 Å². The SMILES string of the molecule is O=C(O)[C@@H](F)Cc1ccc(Cl)cc1F. The fourth-order valence-electron chi connectivity index (χ4n) is 0.968. The lowest BCUT2D eigenvalue weighted by atomic mass is 10.1. The van der Waals surface area contributed by atoms with Crippen molar-refractivity contribution < 1.29 is 18.7 Å². The molecular formula is C9H7ClF2O2. The molecule has 0 heterocycles. The molecule has 1 aromatic rings. The smallest absolute Gasteiger partial charge is 0.338 e. The maximum atomic E-state index is 13.0. The highest BCUT2D eigenvalue weighted by molar-refractivity contribution is 6.30. The highest BCUT2D eigenvalue weighted by Gasteiger charge is 2.18. The van der Waals surface area contributed by atoms with Crippen LogP contribution in [0.25, 0.3) is 0 Å². The van der Waals surface area contributed by atoms with Crippen molar-refractivity contribution in [1.82, 2.24) is 0 Å². The van der Waals surface area contributed by atoms with E-state index in [1.54, 1.807) is 0 Å². The molecule has 0 aliphatic carbocycles. The van der Waals surface area contributed by atoms with Gasteiger partial charge in [0.1, 0.15) is 5.82 Å². The van der Waals surface area contributed by atoms with Crippen LogP contribution in [-0.2, 0) is 11.2 Å². The van der Waals surface area contributed by atoms with Crippen LogP contribution in [0.1, 0.15) is 5.56 Å². The first-order valence-corrected chi connectivity index (χ1v) is 4.19. The van der Waals surface area contributed by atoms with E-state index in [-0.39, 0.29) is 10.6 Å². The lowest BCUT2D eigenvalue weighted by Gasteiger charge is -2.04. The molecule has 76 valence electrons. The van der Waals surface area contributed by atoms with Gasteiger partial charge in [-0.15, -0.1) is 0 Å². The second-order valence-electron chi connectivity index (χ2n) is 2.75. The molecule has 0 aromatic heterocycles. The van der Waals surface area contributed by atoms with Crippen LogP contribution in [0.2, 0.25) is 5.02 Å². The molecule has 14 heavy (non-hydrogen) atoms. The zero-order valence-corrected chi connectivity index (χ0v) is 7.76. The van der Waals surface area contributed by atoms with Gasteiger partial charge in [0.05, 0.1) is 0 Å². The van der Waals surface area contributed by atoms with Crippen LogP contribution in [0.3, 0.4) is 0 Å². The number of alkyl halides is 1. The lowest BCUT2D eigenvalue weighted by Crippen LogP contribution is -2.17. The number of rotatable bonds is 3. The number of carboxylic acids is 1. The van der Waals surface area contributed by atoms with Crippen LogP contribution in [0.4, 0.5) is 8.78 Å². The average molecular weight is 221 g/mol. The summed E-state index contributed by atoms with van der Waals surface area (Å²) in [5.41, 5.74) is 0.00398. The molecule has 1 N–H and O–H groups in total. The third kappa shape index (κ3) is 2.67. The third-order valence-electron chi connectivity index (χ3n) is 1.68. The minimum atomic E-state index is -2.09. The fourth-order valence-corrected chi connectivity index (χ4v) is 1.13. The van der Waals surface area contributed by atoms with Crippen molar-refractivity contribution in [2.24, 2.45) is 0 Å². The van der Waals surface area contributed by atoms with Gasteiger partial charge in [-0.25, -0.2) is 13.6 Å². The molecule has 0 aliphatic rings. The van der Waals surface area contributed by atoms with Crippen LogP contribution < -0.4 is 0 Å². The Hall–Kier alpha value is -1.16. The van der Waals surface area contributed by atoms with Gasteiger partial charge >= 0.3 is 5.97 Å². The number of benzene rings is 1. The van der Waals surface area contributed by atoms with Crippen LogP contribution in [-0.4, -0.2) is 17.2 Å². The number of carbonyl (C=O) groups is 1. The summed E-state index contributed by atoms with van der Waals surface area (Å²) in [6.45, 7) is 0. The van der Waals surface area contributed by atoms with Gasteiger partial charge < -0.3 is 5.11 Å². The predicted molar refractivity (Wildman–Crippen MR) is 47.6 cm³/mol. The molecular weight excluding hydrogens is 214 g/mol. The summed E-state index contributed by atoms with van der Waals surface area (Å²) in [5, 5.41) is 8.46. The van der Waals surface area contributed by atoms with Crippen LogP contribution in [0, 0.1) is 5.82 Å². The van der Waals surface area contributed by atoms with E-state index in [2.05, 4.69) is 0 Å². The van der Waals surface area contributed by atoms with Crippen molar-refractivity contribution in [3.05, 3.63) is 34.6 Å². The Morgan fingerprint density at radius 3 is 2.71 bits per heavy atom. The molecule has 2 nitrogen and oxygen atoms in total. The van der Waals surface area contributed by atoms with E-state index in [4.69, 9.17) is 16.7 Å². The van der Waals surface area contributed by atoms with E-state index in [1.807, 2.05) is 0 Å². The molecule has 5 heteroatoms. The van der Waals surface area contributed by atoms with E-state index in [9.17, 15) is 13.6 Å². The number of carboxylic acid groups (broad SMARTS) is 1. The normalized spacial score (nSPS) is 12.5. The van der Waals surface area contributed by atoms with Crippen LogP contribution >= 0.6 is 11.6 Å². The summed E-state index contributed by atoms with van der Waals surface area (Å²) in [7, 11) is 0. The van der Waals surface area contributed by atoms with Crippen molar-refractivity contribution in [2.75, 3.05) is 0 Å². The second-order valence-corrected chi connectivity index (χ2v) is 3.18. The Morgan fingerprint density at radius 2 is 2.21 bits per heavy atom. The highest BCUT2D eigenvalue weighted by Crippen LogP contribution is 2.16. The minimum absolute atomic E-state index is 0.00398. The molecule has 0 saturated carbocycles. The highest BCUT2D eigenvalue weighted by atomic mass is 35.5. The Bertz CT molecular complexity index is 355. The summed E-state index contributed by atoms with van der Waals surface area (Å²) in [5.74, 6) is -2.29. The first-order valence-electron chi connectivity index (χ1n) is 3.81. The third-order valence-corrected chi connectivity index (χ3v) is 1.92. The molecule has 0 fully saturated rings. The summed E-state index contributed by atoms with van der Waals surface area (Å²) in [6, 6.07) is 3.67. The number of hydrogen-bond donors (Lipinski definition) is 1. The molecule has 0 amide bonds. The van der Waals surface area contributed by atoms with Gasteiger partial charge in [-0.05, 0) is 17.7 Å². The molecule has 1 atom stereocenters. The average Bonchev–Trinajstić information content (AvgIpc) is 2.09. The predicted octanol–water partition coefficient (Wildman–Crippen LogP) is 2.44. The monoisotopic (exact) mass is 220 g/mol. The largest absolute Gasteiger partial charge is 0.479 e. The van der Waals surface area contributed by atoms with Crippen molar-refractivity contribution in [3.63, 3.8) is 0 Å². The van der Waals surface area contributed by atoms with E-state index in [1.165, 1.54) is 12.1 Å². The van der Waals surface area contributed by atoms with Crippen molar-refractivity contribution in [3.8, 4) is 0 Å². The topological polar surface area (TPSA) is 37.3 Å². The molecule has 0 spiro atoms. The Balaban J connectivity index is 2.82. The first kappa shape index (κ1) is 10.9. The van der Waals surface area contributed by atoms with Gasteiger partial charge in [-0.3, -0.25) is 0 Å². The van der Waals surface area contributed by atoms with Crippen molar-refractivity contribution in [2.45, 2.75) is 12.6 Å². The number of halogens is 3. The molecule has 0 bridgehead atoms. The fraction of sp³-hybridized carbons (Fsp3) is 0.222. The van der Waals surface area contributed by atoms with Gasteiger partial charge in [0.15, 0.2) is 0 Å². The van der Waals surface area contributed by atoms with Gasteiger partial charge in [0.25, 0.3) is 0 Å². The lowest BCUT2D eigenvalue weighted by molar-refractivity contribution is -0.142. The maximum absolute atomic E-state index is 13.0. The summed E-state index contributed by atoms with van der Waals surface area (Å²) >= 11 is 5.47. The molecule has 1 rings (SSSR count). The van der Waals surface area contributed by atoms with Gasteiger partial charge in [-0.2, -0.15) is 0 Å². The Morgan fingerprint density at radius 1 is 1.57 bits per heavy atom. The maximum Gasteiger partial charge on any atom is 0.338 e. The van der Waals surface area contributed by atoms with Gasteiger partial charge in [-0.1, -0.05) is 17.7 Å². The molecule has 0 saturated heterocycles. The summed E-state index contributed by atoms with van der Waals surface area (Å²) in [4.78, 5) is 10.2. The molecule has 0 radical (unpaired) electrons. The summed E-state index contributed by atoms with van der Waals surface area (Å²) in [6.07, 6.45) is -2.58. The Kier molecular flexibility index (Phi) is 3.41. The van der Waals surface area contributed by atoms with Gasteiger partial charge in [0.2, 0.25) is 6.17 Å². The molecule has 0 aliphatic heterocycles. The molecule has 1 aromatic carbocycles. The van der Waals surface area contributed by atoms with Crippen molar-refractivity contribution >= 4 is 17.6 Å². The van der Waals surface area contributed by atoms with E-state index >= 15 is 0 Å². The summed E-state index contributed by atoms with van der Waals surface area (Å²) < 4.78 is 25.7. The van der Waals surface area contributed by atoms with Crippen LogP contribution in [0.5, 0.6) is 0 Å². The van der Waals surface area contributed by atoms with E-state index in [0.717, 1.165) is 6.07 Å². The quantitative estimate of drug-likeness (QED) is 0.850. The Labute approximate surface area is 84.1 Å². The van der Waals surface area contributed by atoms with Crippen LogP contribution in [0.15, 0.2) is 18.2 Å². The molecule has 0 unspecified atom stereocenters. The number of aliphatic carboxylic acids is 1.